The first-order chi connectivity index (χ1) is 16.3. The average molecular weight is 472 g/mol. The first kappa shape index (κ1) is 23.6. The molecule has 0 bridgehead atoms. The summed E-state index contributed by atoms with van der Waals surface area (Å²) in [5.74, 6) is -0.903. The highest BCUT2D eigenvalue weighted by Crippen LogP contribution is 2.29. The van der Waals surface area contributed by atoms with Crippen molar-refractivity contribution in [2.75, 3.05) is 4.90 Å². The number of aryl methyl sites for hydroxylation is 4. The third-order valence-electron chi connectivity index (χ3n) is 6.40. The molecule has 1 aliphatic rings. The molecule has 0 spiro atoms. The van der Waals surface area contributed by atoms with Gasteiger partial charge in [-0.1, -0.05) is 44.2 Å². The van der Waals surface area contributed by atoms with Gasteiger partial charge in [-0.15, -0.1) is 0 Å². The molecule has 1 aromatic heterocycles. The van der Waals surface area contributed by atoms with Crippen LogP contribution in [0.5, 0.6) is 0 Å². The van der Waals surface area contributed by atoms with Gasteiger partial charge in [0, 0.05) is 11.4 Å². The minimum absolute atomic E-state index is 0.0638. The molecule has 1 N–H and O–H groups in total. The predicted molar refractivity (Wildman–Crippen MR) is 141 cm³/mol. The zero-order chi connectivity index (χ0) is 24.6. The molecule has 2 aromatic carbocycles. The minimum Gasteiger partial charge on any atom is -0.317 e. The number of hydrogen-bond acceptors (Lipinski definition) is 3. The Morgan fingerprint density at radius 3 is 2.32 bits per heavy atom. The summed E-state index contributed by atoms with van der Waals surface area (Å²) < 4.78 is 2.21. The van der Waals surface area contributed by atoms with Gasteiger partial charge in [0.15, 0.2) is 5.11 Å². The van der Waals surface area contributed by atoms with Crippen molar-refractivity contribution in [3.05, 3.63) is 87.7 Å². The van der Waals surface area contributed by atoms with E-state index >= 15 is 0 Å². The molecule has 5 nitrogen and oxygen atoms in total. The van der Waals surface area contributed by atoms with Gasteiger partial charge in [-0.25, -0.2) is 0 Å². The van der Waals surface area contributed by atoms with E-state index in [1.54, 1.807) is 6.08 Å². The smallest absolute Gasteiger partial charge is 0.270 e. The van der Waals surface area contributed by atoms with Crippen molar-refractivity contribution in [1.82, 2.24) is 9.88 Å². The summed E-state index contributed by atoms with van der Waals surface area (Å²) in [6.45, 7) is 10.4. The molecule has 174 valence electrons. The number of anilines is 1. The summed E-state index contributed by atoms with van der Waals surface area (Å²) in [5.41, 5.74) is 8.29. The lowest BCUT2D eigenvalue weighted by molar-refractivity contribution is -0.122. The molecule has 4 rings (SSSR count). The SMILES string of the molecule is CCc1ccc(N2C(=O)/C(=C/c3cc(C)n(-c4c(C)cccc4CC)c3C)C(=O)NC2=S)cc1. The number of aromatic nitrogens is 1. The van der Waals surface area contributed by atoms with Crippen molar-refractivity contribution in [3.8, 4) is 5.69 Å². The Bertz CT molecular complexity index is 1330. The average Bonchev–Trinajstić information content (AvgIpc) is 3.09. The number of hydrogen-bond donors (Lipinski definition) is 1. The Balaban J connectivity index is 1.78. The fourth-order valence-electron chi connectivity index (χ4n) is 4.53. The van der Waals surface area contributed by atoms with Gasteiger partial charge >= 0.3 is 0 Å². The lowest BCUT2D eigenvalue weighted by atomic mass is 10.0. The Kier molecular flexibility index (Phi) is 6.53. The van der Waals surface area contributed by atoms with E-state index in [4.69, 9.17) is 12.2 Å². The van der Waals surface area contributed by atoms with Crippen LogP contribution in [0.25, 0.3) is 11.8 Å². The maximum atomic E-state index is 13.4. The fraction of sp³-hybridized carbons (Fsp3) is 0.250. The summed E-state index contributed by atoms with van der Waals surface area (Å²) in [6, 6.07) is 16.0. The van der Waals surface area contributed by atoms with E-state index in [2.05, 4.69) is 48.9 Å². The second-order valence-electron chi connectivity index (χ2n) is 8.58. The Hall–Kier alpha value is -3.51. The topological polar surface area (TPSA) is 54.3 Å². The summed E-state index contributed by atoms with van der Waals surface area (Å²) >= 11 is 5.34. The van der Waals surface area contributed by atoms with Crippen molar-refractivity contribution in [1.29, 1.82) is 0 Å². The van der Waals surface area contributed by atoms with Crippen LogP contribution in [-0.2, 0) is 22.4 Å². The van der Waals surface area contributed by atoms with Gasteiger partial charge in [0.2, 0.25) is 0 Å². The molecule has 0 radical (unpaired) electrons. The monoisotopic (exact) mass is 471 g/mol. The van der Waals surface area contributed by atoms with E-state index in [1.165, 1.54) is 16.0 Å². The maximum absolute atomic E-state index is 13.4. The number of thiocarbonyl (C=S) groups is 1. The maximum Gasteiger partial charge on any atom is 0.270 e. The minimum atomic E-state index is -0.480. The molecular formula is C28H29N3O2S. The first-order valence-electron chi connectivity index (χ1n) is 11.5. The van der Waals surface area contributed by atoms with Gasteiger partial charge in [-0.3, -0.25) is 19.8 Å². The normalized spacial score (nSPS) is 15.3. The number of para-hydroxylation sites is 1. The van der Waals surface area contributed by atoms with Gasteiger partial charge in [-0.2, -0.15) is 0 Å². The number of carbonyl (C=O) groups excluding carboxylic acids is 2. The lowest BCUT2D eigenvalue weighted by Gasteiger charge is -2.29. The van der Waals surface area contributed by atoms with Gasteiger partial charge in [-0.05, 0) is 92.4 Å². The van der Waals surface area contributed by atoms with Crippen molar-refractivity contribution >= 4 is 40.9 Å². The Morgan fingerprint density at radius 1 is 0.971 bits per heavy atom. The molecule has 1 fully saturated rings. The zero-order valence-corrected chi connectivity index (χ0v) is 21.0. The molecule has 2 heterocycles. The van der Waals surface area contributed by atoms with Crippen LogP contribution < -0.4 is 10.2 Å². The summed E-state index contributed by atoms with van der Waals surface area (Å²) in [4.78, 5) is 27.6. The first-order valence-corrected chi connectivity index (χ1v) is 12.0. The highest BCUT2D eigenvalue weighted by atomic mass is 32.1. The van der Waals surface area contributed by atoms with Crippen LogP contribution in [0.15, 0.2) is 54.1 Å². The standard InChI is InChI=1S/C28H29N3O2S/c1-6-20-11-13-23(14-12-20)31-27(33)24(26(32)29-28(31)34)16-22-15-18(4)30(19(22)5)25-17(3)9-8-10-21(25)7-2/h8-16H,6-7H2,1-5H3,(H,29,32,34)/b24-16+. The zero-order valence-electron chi connectivity index (χ0n) is 20.2. The summed E-state index contributed by atoms with van der Waals surface area (Å²) in [6.07, 6.45) is 3.49. The van der Waals surface area contributed by atoms with Crippen molar-refractivity contribution < 1.29 is 9.59 Å². The highest BCUT2D eigenvalue weighted by molar-refractivity contribution is 7.80. The second kappa shape index (κ2) is 9.39. The van der Waals surface area contributed by atoms with E-state index < -0.39 is 11.8 Å². The number of carbonyl (C=O) groups is 2. The fourth-order valence-corrected chi connectivity index (χ4v) is 4.81. The van der Waals surface area contributed by atoms with Crippen LogP contribution in [0.3, 0.4) is 0 Å². The van der Waals surface area contributed by atoms with Gasteiger partial charge < -0.3 is 4.57 Å². The van der Waals surface area contributed by atoms with Crippen LogP contribution in [-0.4, -0.2) is 21.5 Å². The lowest BCUT2D eigenvalue weighted by Crippen LogP contribution is -2.54. The largest absolute Gasteiger partial charge is 0.317 e. The molecule has 3 aromatic rings. The molecule has 0 aliphatic carbocycles. The van der Waals surface area contributed by atoms with E-state index in [1.807, 2.05) is 44.2 Å². The summed E-state index contributed by atoms with van der Waals surface area (Å²) in [7, 11) is 0. The van der Waals surface area contributed by atoms with E-state index in [0.29, 0.717) is 5.69 Å². The van der Waals surface area contributed by atoms with Crippen molar-refractivity contribution in [2.45, 2.75) is 47.5 Å². The number of amides is 2. The van der Waals surface area contributed by atoms with Gasteiger partial charge in [0.25, 0.3) is 11.8 Å². The van der Waals surface area contributed by atoms with Crippen LogP contribution >= 0.6 is 12.2 Å². The Morgan fingerprint density at radius 2 is 1.68 bits per heavy atom. The van der Waals surface area contributed by atoms with Gasteiger partial charge in [0.1, 0.15) is 5.57 Å². The van der Waals surface area contributed by atoms with Crippen molar-refractivity contribution in [2.24, 2.45) is 0 Å². The molecule has 1 aliphatic heterocycles. The molecular weight excluding hydrogens is 442 g/mol. The number of nitrogens with zero attached hydrogens (tertiary/aromatic N) is 2. The third kappa shape index (κ3) is 4.10. The van der Waals surface area contributed by atoms with Crippen LogP contribution in [0.4, 0.5) is 5.69 Å². The summed E-state index contributed by atoms with van der Waals surface area (Å²) in [5, 5.41) is 2.77. The third-order valence-corrected chi connectivity index (χ3v) is 6.69. The van der Waals surface area contributed by atoms with Crippen molar-refractivity contribution in [3.63, 3.8) is 0 Å². The van der Waals surface area contributed by atoms with E-state index in [0.717, 1.165) is 41.0 Å². The molecule has 34 heavy (non-hydrogen) atoms. The highest BCUT2D eigenvalue weighted by Gasteiger charge is 2.34. The molecule has 0 unspecified atom stereocenters. The van der Waals surface area contributed by atoms with Crippen LogP contribution in [0.1, 0.15) is 47.5 Å². The number of benzene rings is 2. The molecule has 1 saturated heterocycles. The molecule has 0 atom stereocenters. The molecule has 0 saturated carbocycles. The van der Waals surface area contributed by atoms with E-state index in [-0.39, 0.29) is 10.7 Å². The van der Waals surface area contributed by atoms with E-state index in [9.17, 15) is 9.59 Å². The quantitative estimate of drug-likeness (QED) is 0.310. The Labute approximate surface area is 206 Å². The van der Waals surface area contributed by atoms with Crippen LogP contribution in [0, 0.1) is 20.8 Å². The molecule has 6 heteroatoms. The predicted octanol–water partition coefficient (Wildman–Crippen LogP) is 5.36. The number of rotatable bonds is 5. The second-order valence-corrected chi connectivity index (χ2v) is 8.96. The van der Waals surface area contributed by atoms with Crippen LogP contribution in [0.2, 0.25) is 0 Å². The number of nitrogens with one attached hydrogen (secondary N) is 1. The molecule has 2 amide bonds. The van der Waals surface area contributed by atoms with Gasteiger partial charge in [0.05, 0.1) is 11.4 Å².